The van der Waals surface area contributed by atoms with E-state index in [1.54, 1.807) is 7.11 Å². The number of benzene rings is 1. The number of hydrogen-bond acceptors (Lipinski definition) is 3. The summed E-state index contributed by atoms with van der Waals surface area (Å²) in [6.07, 6.45) is 2.04. The van der Waals surface area contributed by atoms with Gasteiger partial charge >= 0.3 is 0 Å². The van der Waals surface area contributed by atoms with Crippen LogP contribution >= 0.6 is 0 Å². The van der Waals surface area contributed by atoms with Crippen molar-refractivity contribution in [3.05, 3.63) is 35.5 Å². The third kappa shape index (κ3) is 2.38. The van der Waals surface area contributed by atoms with Gasteiger partial charge in [0.15, 0.2) is 0 Å². The molecule has 0 atom stereocenters. The fourth-order valence-electron chi connectivity index (χ4n) is 2.09. The van der Waals surface area contributed by atoms with E-state index in [4.69, 9.17) is 4.74 Å². The molecule has 1 N–H and O–H groups in total. The molecule has 0 amide bonds. The van der Waals surface area contributed by atoms with Crippen molar-refractivity contribution < 1.29 is 4.74 Å². The predicted molar refractivity (Wildman–Crippen MR) is 72.7 cm³/mol. The molecule has 0 radical (unpaired) electrons. The topological polar surface area (TPSA) is 39.1 Å². The smallest absolute Gasteiger partial charge is 0.128 e. The zero-order valence-corrected chi connectivity index (χ0v) is 11.3. The number of rotatable bonds is 4. The van der Waals surface area contributed by atoms with Gasteiger partial charge in [-0.05, 0) is 26.1 Å². The number of ether oxygens (including phenoxy) is 1. The van der Waals surface area contributed by atoms with E-state index in [1.807, 2.05) is 37.1 Å². The lowest BCUT2D eigenvalue weighted by Gasteiger charge is -2.09. The van der Waals surface area contributed by atoms with Crippen LogP contribution in [0.1, 0.15) is 11.1 Å². The number of aryl methyl sites for hydroxylation is 2. The second kappa shape index (κ2) is 5.23. The van der Waals surface area contributed by atoms with Gasteiger partial charge in [0.2, 0.25) is 0 Å². The molecule has 0 bridgehead atoms. The van der Waals surface area contributed by atoms with E-state index in [1.165, 1.54) is 11.1 Å². The minimum atomic E-state index is 0.792. The van der Waals surface area contributed by atoms with Crippen LogP contribution in [0.3, 0.4) is 0 Å². The van der Waals surface area contributed by atoms with E-state index in [2.05, 4.69) is 23.4 Å². The Hall–Kier alpha value is -1.81. The highest BCUT2D eigenvalue weighted by molar-refractivity contribution is 5.70. The first-order chi connectivity index (χ1) is 8.65. The Morgan fingerprint density at radius 3 is 2.83 bits per heavy atom. The van der Waals surface area contributed by atoms with Crippen molar-refractivity contribution in [2.45, 2.75) is 13.5 Å². The van der Waals surface area contributed by atoms with Gasteiger partial charge in [0.1, 0.15) is 11.4 Å². The van der Waals surface area contributed by atoms with Crippen LogP contribution < -0.4 is 10.1 Å². The van der Waals surface area contributed by atoms with E-state index in [0.717, 1.165) is 23.6 Å². The maximum absolute atomic E-state index is 5.43. The van der Waals surface area contributed by atoms with Crippen LogP contribution in [0.4, 0.5) is 0 Å². The summed E-state index contributed by atoms with van der Waals surface area (Å²) in [5.41, 5.74) is 4.39. The lowest BCUT2D eigenvalue weighted by molar-refractivity contribution is 0.416. The fraction of sp³-hybridized carbons (Fsp3) is 0.357. The molecule has 18 heavy (non-hydrogen) atoms. The Morgan fingerprint density at radius 1 is 1.39 bits per heavy atom. The molecule has 1 heterocycles. The van der Waals surface area contributed by atoms with Crippen LogP contribution in [0.2, 0.25) is 0 Å². The third-order valence-electron chi connectivity index (χ3n) is 2.88. The van der Waals surface area contributed by atoms with Gasteiger partial charge in [0.25, 0.3) is 0 Å². The zero-order valence-electron chi connectivity index (χ0n) is 11.3. The standard InChI is InChI=1S/C14H19N3O/c1-10-5-6-13(18-4)12(7-10)14-11(8-15-2)9-17(3)16-14/h5-7,9,15H,8H2,1-4H3. The Bertz CT molecular complexity index is 546. The molecule has 1 aromatic heterocycles. The monoisotopic (exact) mass is 245 g/mol. The Morgan fingerprint density at radius 2 is 2.17 bits per heavy atom. The largest absolute Gasteiger partial charge is 0.496 e. The Balaban J connectivity index is 2.56. The summed E-state index contributed by atoms with van der Waals surface area (Å²) in [7, 11) is 5.56. The van der Waals surface area contributed by atoms with Gasteiger partial charge in [-0.15, -0.1) is 0 Å². The summed E-state index contributed by atoms with van der Waals surface area (Å²) in [6.45, 7) is 2.86. The number of nitrogens with zero attached hydrogens (tertiary/aromatic N) is 2. The number of hydrogen-bond donors (Lipinski definition) is 1. The average Bonchev–Trinajstić information content (AvgIpc) is 2.71. The summed E-state index contributed by atoms with van der Waals surface area (Å²) in [5.74, 6) is 0.858. The minimum absolute atomic E-state index is 0.792. The van der Waals surface area contributed by atoms with Crippen molar-refractivity contribution in [3.63, 3.8) is 0 Å². The molecule has 0 saturated carbocycles. The molecule has 2 rings (SSSR count). The van der Waals surface area contributed by atoms with Crippen molar-refractivity contribution in [1.82, 2.24) is 15.1 Å². The van der Waals surface area contributed by atoms with Gasteiger partial charge in [0, 0.05) is 30.9 Å². The molecule has 96 valence electrons. The normalized spacial score (nSPS) is 10.7. The van der Waals surface area contributed by atoms with Crippen LogP contribution in [-0.4, -0.2) is 23.9 Å². The fourth-order valence-corrected chi connectivity index (χ4v) is 2.09. The summed E-state index contributed by atoms with van der Waals surface area (Å²) in [6, 6.07) is 6.14. The predicted octanol–water partition coefficient (Wildman–Crippen LogP) is 2.12. The molecule has 0 aliphatic heterocycles. The third-order valence-corrected chi connectivity index (χ3v) is 2.88. The Labute approximate surface area is 108 Å². The van der Waals surface area contributed by atoms with Gasteiger partial charge in [-0.2, -0.15) is 5.10 Å². The quantitative estimate of drug-likeness (QED) is 0.896. The van der Waals surface area contributed by atoms with E-state index in [-0.39, 0.29) is 0 Å². The van der Waals surface area contributed by atoms with Gasteiger partial charge in [0.05, 0.1) is 7.11 Å². The molecular formula is C14H19N3O. The molecule has 0 aliphatic rings. The van der Waals surface area contributed by atoms with Crippen molar-refractivity contribution in [3.8, 4) is 17.0 Å². The van der Waals surface area contributed by atoms with E-state index in [9.17, 15) is 0 Å². The molecule has 0 unspecified atom stereocenters. The maximum Gasteiger partial charge on any atom is 0.128 e. The van der Waals surface area contributed by atoms with Gasteiger partial charge in [-0.25, -0.2) is 0 Å². The van der Waals surface area contributed by atoms with Crippen LogP contribution in [0, 0.1) is 6.92 Å². The first-order valence-corrected chi connectivity index (χ1v) is 5.98. The minimum Gasteiger partial charge on any atom is -0.496 e. The highest BCUT2D eigenvalue weighted by atomic mass is 16.5. The van der Waals surface area contributed by atoms with Crippen molar-refractivity contribution in [1.29, 1.82) is 0 Å². The second-order valence-corrected chi connectivity index (χ2v) is 4.41. The molecular weight excluding hydrogens is 226 g/mol. The van der Waals surface area contributed by atoms with Gasteiger partial charge in [-0.1, -0.05) is 11.6 Å². The molecule has 4 nitrogen and oxygen atoms in total. The zero-order chi connectivity index (χ0) is 13.1. The second-order valence-electron chi connectivity index (χ2n) is 4.41. The maximum atomic E-state index is 5.43. The van der Waals surface area contributed by atoms with Crippen molar-refractivity contribution in [2.24, 2.45) is 7.05 Å². The highest BCUT2D eigenvalue weighted by Gasteiger charge is 2.14. The van der Waals surface area contributed by atoms with Crippen LogP contribution in [0.25, 0.3) is 11.3 Å². The van der Waals surface area contributed by atoms with E-state index < -0.39 is 0 Å². The molecule has 1 aromatic carbocycles. The lowest BCUT2D eigenvalue weighted by Crippen LogP contribution is -2.05. The summed E-state index contributed by atoms with van der Waals surface area (Å²) in [4.78, 5) is 0. The average molecular weight is 245 g/mol. The molecule has 4 heteroatoms. The number of methoxy groups -OCH3 is 1. The lowest BCUT2D eigenvalue weighted by atomic mass is 10.0. The number of aromatic nitrogens is 2. The van der Waals surface area contributed by atoms with E-state index in [0.29, 0.717) is 0 Å². The van der Waals surface area contributed by atoms with Crippen LogP contribution in [-0.2, 0) is 13.6 Å². The summed E-state index contributed by atoms with van der Waals surface area (Å²) >= 11 is 0. The first-order valence-electron chi connectivity index (χ1n) is 5.98. The van der Waals surface area contributed by atoms with Gasteiger partial charge < -0.3 is 10.1 Å². The molecule has 0 fully saturated rings. The summed E-state index contributed by atoms with van der Waals surface area (Å²) in [5, 5.41) is 7.71. The SMILES string of the molecule is CNCc1cn(C)nc1-c1cc(C)ccc1OC. The first kappa shape index (κ1) is 12.6. The number of nitrogens with one attached hydrogen (secondary N) is 1. The molecule has 0 spiro atoms. The van der Waals surface area contributed by atoms with Gasteiger partial charge in [-0.3, -0.25) is 4.68 Å². The van der Waals surface area contributed by atoms with E-state index >= 15 is 0 Å². The molecule has 0 saturated heterocycles. The van der Waals surface area contributed by atoms with Crippen molar-refractivity contribution >= 4 is 0 Å². The van der Waals surface area contributed by atoms with Crippen molar-refractivity contribution in [2.75, 3.05) is 14.2 Å². The Kier molecular flexibility index (Phi) is 3.67. The van der Waals surface area contributed by atoms with Crippen LogP contribution in [0.5, 0.6) is 5.75 Å². The van der Waals surface area contributed by atoms with Crippen LogP contribution in [0.15, 0.2) is 24.4 Å². The molecule has 0 aliphatic carbocycles. The highest BCUT2D eigenvalue weighted by Crippen LogP contribution is 2.31. The summed E-state index contributed by atoms with van der Waals surface area (Å²) < 4.78 is 7.26. The molecule has 2 aromatic rings.